The van der Waals surface area contributed by atoms with Crippen molar-refractivity contribution in [2.75, 3.05) is 14.2 Å². The first-order valence-electron chi connectivity index (χ1n) is 6.05. The van der Waals surface area contributed by atoms with Gasteiger partial charge in [-0.2, -0.15) is 9.68 Å². The molecule has 0 saturated carbocycles. The molecule has 1 saturated heterocycles. The lowest BCUT2D eigenvalue weighted by Gasteiger charge is -2.14. The van der Waals surface area contributed by atoms with Crippen molar-refractivity contribution in [2.45, 2.75) is 45.4 Å². The van der Waals surface area contributed by atoms with E-state index in [-0.39, 0.29) is 17.0 Å². The Labute approximate surface area is 104 Å². The first kappa shape index (κ1) is 14.4. The highest BCUT2D eigenvalue weighted by Gasteiger charge is 2.74. The van der Waals surface area contributed by atoms with E-state index < -0.39 is 0 Å². The molecule has 2 unspecified atom stereocenters. The van der Waals surface area contributed by atoms with Gasteiger partial charge < -0.3 is 0 Å². The molecule has 0 aromatic heterocycles. The van der Waals surface area contributed by atoms with Crippen molar-refractivity contribution in [3.05, 3.63) is 24.3 Å². The maximum Gasteiger partial charge on any atom is 0.269 e. The minimum atomic E-state index is 0.0940. The molecular formula is C13H25N2O2+. The smallest absolute Gasteiger partial charge is 0.254 e. The summed E-state index contributed by atoms with van der Waals surface area (Å²) in [6.07, 6.45) is 1.17. The van der Waals surface area contributed by atoms with E-state index in [0.29, 0.717) is 6.04 Å². The molecule has 0 aromatic carbocycles. The zero-order chi connectivity index (χ0) is 13.2. The largest absolute Gasteiger partial charge is 0.269 e. The second-order valence-corrected chi connectivity index (χ2v) is 4.68. The van der Waals surface area contributed by atoms with E-state index in [1.807, 2.05) is 6.92 Å². The number of hydroxylamine groups is 4. The molecular weight excluding hydrogens is 216 g/mol. The fourth-order valence-corrected chi connectivity index (χ4v) is 2.09. The van der Waals surface area contributed by atoms with Gasteiger partial charge in [-0.3, -0.25) is 5.32 Å². The van der Waals surface area contributed by atoms with Crippen LogP contribution in [0.15, 0.2) is 24.3 Å². The Bertz CT molecular complexity index is 311. The summed E-state index contributed by atoms with van der Waals surface area (Å²) in [5, 5.41) is 3.50. The highest BCUT2D eigenvalue weighted by Crippen LogP contribution is 2.44. The van der Waals surface area contributed by atoms with Crippen molar-refractivity contribution in [1.29, 1.82) is 0 Å². The summed E-state index contributed by atoms with van der Waals surface area (Å²) in [5.41, 5.74) is 1.95. The monoisotopic (exact) mass is 241 g/mol. The van der Waals surface area contributed by atoms with Crippen LogP contribution in [-0.2, 0) is 9.68 Å². The number of hydrogen-bond acceptors (Lipinski definition) is 3. The lowest BCUT2D eigenvalue weighted by Crippen LogP contribution is -2.37. The van der Waals surface area contributed by atoms with E-state index in [1.165, 1.54) is 0 Å². The Morgan fingerprint density at radius 1 is 1.35 bits per heavy atom. The molecule has 1 heterocycles. The third-order valence-electron chi connectivity index (χ3n) is 3.53. The van der Waals surface area contributed by atoms with Crippen LogP contribution < -0.4 is 5.32 Å². The molecule has 1 rings (SSSR count). The van der Waals surface area contributed by atoms with Gasteiger partial charge in [0.05, 0.1) is 14.2 Å². The molecule has 0 spiro atoms. The second-order valence-electron chi connectivity index (χ2n) is 4.68. The van der Waals surface area contributed by atoms with Crippen LogP contribution in [0.3, 0.4) is 0 Å². The lowest BCUT2D eigenvalue weighted by atomic mass is 10.1. The van der Waals surface area contributed by atoms with Crippen molar-refractivity contribution in [3.63, 3.8) is 0 Å². The van der Waals surface area contributed by atoms with Crippen LogP contribution in [0.2, 0.25) is 0 Å². The third kappa shape index (κ3) is 2.45. The Morgan fingerprint density at radius 2 is 1.88 bits per heavy atom. The first-order chi connectivity index (χ1) is 7.94. The maximum atomic E-state index is 5.49. The van der Waals surface area contributed by atoms with Crippen LogP contribution in [-0.4, -0.2) is 37.3 Å². The Balaban J connectivity index is 2.81. The summed E-state index contributed by atoms with van der Waals surface area (Å²) in [6.45, 7) is 14.3. The Hall–Kier alpha value is -0.680. The summed E-state index contributed by atoms with van der Waals surface area (Å²) in [6, 6.07) is 0.516. The van der Waals surface area contributed by atoms with Gasteiger partial charge in [0.2, 0.25) is 0 Å². The number of nitrogens with zero attached hydrogens (tertiary/aromatic N) is 1. The molecule has 4 heteroatoms. The second kappa shape index (κ2) is 5.31. The van der Waals surface area contributed by atoms with Crippen LogP contribution in [0.5, 0.6) is 0 Å². The van der Waals surface area contributed by atoms with E-state index in [9.17, 15) is 0 Å². The van der Waals surface area contributed by atoms with Crippen molar-refractivity contribution in [2.24, 2.45) is 0 Å². The summed E-state index contributed by atoms with van der Waals surface area (Å²) in [4.78, 5) is 11.1. The Kier molecular flexibility index (Phi) is 4.49. The van der Waals surface area contributed by atoms with Gasteiger partial charge in [-0.1, -0.05) is 20.1 Å². The van der Waals surface area contributed by atoms with Gasteiger partial charge in [-0.15, -0.1) is 0 Å². The number of quaternary nitrogens is 1. The van der Waals surface area contributed by atoms with Gasteiger partial charge in [-0.05, 0) is 30.7 Å². The van der Waals surface area contributed by atoms with Crippen LogP contribution in [0.4, 0.5) is 0 Å². The SMILES string of the molecule is C=C(C)C(=C)C1C(N[C@H](C)CC)[N+]1(OC)OC. The van der Waals surface area contributed by atoms with Gasteiger partial charge in [0.1, 0.15) is 0 Å². The van der Waals surface area contributed by atoms with E-state index >= 15 is 0 Å². The minimum Gasteiger partial charge on any atom is -0.254 e. The van der Waals surface area contributed by atoms with Crippen LogP contribution >= 0.6 is 0 Å². The van der Waals surface area contributed by atoms with Crippen LogP contribution in [0, 0.1) is 0 Å². The normalized spacial score (nSPS) is 27.6. The number of rotatable bonds is 7. The fraction of sp³-hybridized carbons (Fsp3) is 0.692. The predicted octanol–water partition coefficient (Wildman–Crippen LogP) is 2.15. The molecule has 1 fully saturated rings. The topological polar surface area (TPSA) is 30.5 Å². The lowest BCUT2D eigenvalue weighted by molar-refractivity contribution is -1.17. The molecule has 4 nitrogen and oxygen atoms in total. The summed E-state index contributed by atoms with van der Waals surface area (Å²) < 4.78 is 0. The molecule has 1 N–H and O–H groups in total. The van der Waals surface area contributed by atoms with Gasteiger partial charge in [-0.25, -0.2) is 0 Å². The molecule has 1 aliphatic rings. The maximum absolute atomic E-state index is 5.49. The average Bonchev–Trinajstić information content (AvgIpc) is 2.95. The zero-order valence-corrected chi connectivity index (χ0v) is 11.6. The molecule has 0 aliphatic carbocycles. The molecule has 0 bridgehead atoms. The fourth-order valence-electron chi connectivity index (χ4n) is 2.09. The standard InChI is InChI=1S/C13H25N2O2/c1-8-10(4)14-13-12(11(5)9(2)3)15(13,16-6)17-7/h10,12-14H,2,5,8H2,1,3-4,6-7H3/q+1/t10-,12?,13?/m1/s1. The van der Waals surface area contributed by atoms with Gasteiger partial charge >= 0.3 is 0 Å². The summed E-state index contributed by atoms with van der Waals surface area (Å²) in [5.74, 6) is 0. The van der Waals surface area contributed by atoms with Gasteiger partial charge in [0.25, 0.3) is 12.2 Å². The first-order valence-corrected chi connectivity index (χ1v) is 6.05. The highest BCUT2D eigenvalue weighted by atomic mass is 17.0. The highest BCUT2D eigenvalue weighted by molar-refractivity contribution is 5.30. The molecule has 0 aromatic rings. The molecule has 3 atom stereocenters. The average molecular weight is 241 g/mol. The van der Waals surface area contributed by atoms with Gasteiger partial charge in [0, 0.05) is 11.6 Å². The molecule has 0 radical (unpaired) electrons. The van der Waals surface area contributed by atoms with E-state index in [0.717, 1.165) is 17.6 Å². The molecule has 98 valence electrons. The van der Waals surface area contributed by atoms with Crippen molar-refractivity contribution < 1.29 is 14.5 Å². The van der Waals surface area contributed by atoms with Crippen LogP contribution in [0.1, 0.15) is 27.2 Å². The summed E-state index contributed by atoms with van der Waals surface area (Å²) in [7, 11) is 3.31. The number of hydrogen-bond donors (Lipinski definition) is 1. The third-order valence-corrected chi connectivity index (χ3v) is 3.53. The Morgan fingerprint density at radius 3 is 2.24 bits per heavy atom. The van der Waals surface area contributed by atoms with Crippen molar-refractivity contribution in [1.82, 2.24) is 5.32 Å². The molecule has 1 aliphatic heterocycles. The minimum absolute atomic E-state index is 0.0940. The predicted molar refractivity (Wildman–Crippen MR) is 68.7 cm³/mol. The van der Waals surface area contributed by atoms with E-state index in [2.05, 4.69) is 32.3 Å². The van der Waals surface area contributed by atoms with E-state index in [1.54, 1.807) is 14.2 Å². The quantitative estimate of drug-likeness (QED) is 0.421. The van der Waals surface area contributed by atoms with Crippen molar-refractivity contribution >= 4 is 0 Å². The molecule has 0 amide bonds. The molecule has 17 heavy (non-hydrogen) atoms. The zero-order valence-electron chi connectivity index (χ0n) is 11.6. The van der Waals surface area contributed by atoms with Crippen molar-refractivity contribution in [3.8, 4) is 0 Å². The summed E-state index contributed by atoms with van der Waals surface area (Å²) >= 11 is 0. The van der Waals surface area contributed by atoms with Gasteiger partial charge in [0.15, 0.2) is 0 Å². The number of nitrogens with one attached hydrogen (secondary N) is 1. The van der Waals surface area contributed by atoms with Crippen LogP contribution in [0.25, 0.3) is 0 Å². The van der Waals surface area contributed by atoms with E-state index in [4.69, 9.17) is 9.68 Å².